The van der Waals surface area contributed by atoms with E-state index in [2.05, 4.69) is 23.8 Å². The maximum Gasteiger partial charge on any atom is 0.321 e. The molecule has 106 valence electrons. The first-order chi connectivity index (χ1) is 9.51. The average molecular weight is 311 g/mol. The van der Waals surface area contributed by atoms with Gasteiger partial charge >= 0.3 is 6.01 Å². The normalized spacial score (nSPS) is 10.9. The minimum absolute atomic E-state index is 0.305. The molecule has 0 saturated carbocycles. The largest absolute Gasteiger partial charge is 0.424 e. The molecular formula is C15H16Cl2N2O. The number of ether oxygens (including phenoxy) is 1. The molecule has 1 aromatic heterocycles. The summed E-state index contributed by atoms with van der Waals surface area (Å²) < 4.78 is 5.73. The SMILES string of the molecule is Cc1cc(Cl)c(C(C)C)cc1Oc1ncc(CCl)cn1. The highest BCUT2D eigenvalue weighted by molar-refractivity contribution is 6.31. The van der Waals surface area contributed by atoms with Gasteiger partial charge in [-0.15, -0.1) is 11.6 Å². The summed E-state index contributed by atoms with van der Waals surface area (Å²) in [5, 5.41) is 0.753. The van der Waals surface area contributed by atoms with Gasteiger partial charge in [0.05, 0.1) is 5.88 Å². The van der Waals surface area contributed by atoms with Gasteiger partial charge in [0.2, 0.25) is 0 Å². The first-order valence-electron chi connectivity index (χ1n) is 6.36. The fraction of sp³-hybridized carbons (Fsp3) is 0.333. The first kappa shape index (κ1) is 15.1. The Labute approximate surface area is 128 Å². The van der Waals surface area contributed by atoms with Gasteiger partial charge in [-0.05, 0) is 36.1 Å². The molecule has 0 N–H and O–H groups in total. The maximum atomic E-state index is 6.24. The molecule has 0 fully saturated rings. The highest BCUT2D eigenvalue weighted by Crippen LogP contribution is 2.32. The van der Waals surface area contributed by atoms with Crippen LogP contribution in [0.3, 0.4) is 0 Å². The van der Waals surface area contributed by atoms with Crippen LogP contribution in [0.2, 0.25) is 5.02 Å². The van der Waals surface area contributed by atoms with Gasteiger partial charge in [-0.3, -0.25) is 0 Å². The third kappa shape index (κ3) is 3.41. The summed E-state index contributed by atoms with van der Waals surface area (Å²) in [5.41, 5.74) is 2.85. The van der Waals surface area contributed by atoms with Crippen LogP contribution in [-0.4, -0.2) is 9.97 Å². The van der Waals surface area contributed by atoms with E-state index in [1.54, 1.807) is 12.4 Å². The fourth-order valence-electron chi connectivity index (χ4n) is 1.78. The van der Waals surface area contributed by atoms with Crippen LogP contribution >= 0.6 is 23.2 Å². The second kappa shape index (κ2) is 6.42. The standard InChI is InChI=1S/C15H16Cl2N2O/c1-9(2)12-5-14(10(3)4-13(12)17)20-15-18-7-11(6-16)8-19-15/h4-5,7-9H,6H2,1-3H3. The van der Waals surface area contributed by atoms with E-state index >= 15 is 0 Å². The van der Waals surface area contributed by atoms with E-state index < -0.39 is 0 Å². The molecule has 0 saturated heterocycles. The minimum Gasteiger partial charge on any atom is -0.424 e. The van der Waals surface area contributed by atoms with Crippen LogP contribution in [0, 0.1) is 6.92 Å². The zero-order valence-corrected chi connectivity index (χ0v) is 13.2. The number of halogens is 2. The number of nitrogens with zero attached hydrogens (tertiary/aromatic N) is 2. The minimum atomic E-state index is 0.305. The molecule has 20 heavy (non-hydrogen) atoms. The van der Waals surface area contributed by atoms with Crippen molar-refractivity contribution in [1.29, 1.82) is 0 Å². The first-order valence-corrected chi connectivity index (χ1v) is 7.27. The molecule has 3 nitrogen and oxygen atoms in total. The summed E-state index contributed by atoms with van der Waals surface area (Å²) in [7, 11) is 0. The Morgan fingerprint density at radius 2 is 1.85 bits per heavy atom. The lowest BCUT2D eigenvalue weighted by Gasteiger charge is -2.13. The van der Waals surface area contributed by atoms with E-state index in [4.69, 9.17) is 27.9 Å². The zero-order valence-electron chi connectivity index (χ0n) is 11.7. The van der Waals surface area contributed by atoms with Gasteiger partial charge in [0.15, 0.2) is 0 Å². The summed E-state index contributed by atoms with van der Waals surface area (Å²) in [6, 6.07) is 4.15. The van der Waals surface area contributed by atoms with Crippen molar-refractivity contribution in [3.05, 3.63) is 46.2 Å². The second-order valence-electron chi connectivity index (χ2n) is 4.90. The molecule has 0 spiro atoms. The maximum absolute atomic E-state index is 6.24. The van der Waals surface area contributed by atoms with Crippen LogP contribution in [0.5, 0.6) is 11.8 Å². The van der Waals surface area contributed by atoms with E-state index in [-0.39, 0.29) is 0 Å². The van der Waals surface area contributed by atoms with Crippen molar-refractivity contribution in [3.8, 4) is 11.8 Å². The Bertz CT molecular complexity index is 598. The van der Waals surface area contributed by atoms with Crippen molar-refractivity contribution in [2.24, 2.45) is 0 Å². The zero-order chi connectivity index (χ0) is 14.7. The van der Waals surface area contributed by atoms with Crippen molar-refractivity contribution in [2.75, 3.05) is 0 Å². The molecule has 0 bridgehead atoms. The van der Waals surface area contributed by atoms with Crippen LogP contribution in [0.1, 0.15) is 36.5 Å². The van der Waals surface area contributed by atoms with E-state index in [1.807, 2.05) is 19.1 Å². The van der Waals surface area contributed by atoms with Crippen molar-refractivity contribution in [3.63, 3.8) is 0 Å². The van der Waals surface area contributed by atoms with Crippen molar-refractivity contribution < 1.29 is 4.74 Å². The number of aryl methyl sites for hydroxylation is 1. The van der Waals surface area contributed by atoms with Crippen molar-refractivity contribution in [2.45, 2.75) is 32.6 Å². The van der Waals surface area contributed by atoms with Crippen LogP contribution in [0.4, 0.5) is 0 Å². The summed E-state index contributed by atoms with van der Waals surface area (Å²) >= 11 is 11.9. The number of hydrogen-bond donors (Lipinski definition) is 0. The van der Waals surface area contributed by atoms with Crippen LogP contribution < -0.4 is 4.74 Å². The Morgan fingerprint density at radius 3 is 2.40 bits per heavy atom. The molecule has 0 radical (unpaired) electrons. The Morgan fingerprint density at radius 1 is 1.20 bits per heavy atom. The van der Waals surface area contributed by atoms with Gasteiger partial charge in [-0.25, -0.2) is 9.97 Å². The number of alkyl halides is 1. The topological polar surface area (TPSA) is 35.0 Å². The molecule has 0 unspecified atom stereocenters. The predicted octanol–water partition coefficient (Wildman–Crippen LogP) is 5.09. The van der Waals surface area contributed by atoms with Gasteiger partial charge in [-0.2, -0.15) is 0 Å². The van der Waals surface area contributed by atoms with Crippen LogP contribution in [-0.2, 0) is 5.88 Å². The number of aromatic nitrogens is 2. The Kier molecular flexibility index (Phi) is 4.84. The van der Waals surface area contributed by atoms with E-state index in [9.17, 15) is 0 Å². The smallest absolute Gasteiger partial charge is 0.321 e. The predicted molar refractivity (Wildman–Crippen MR) is 81.9 cm³/mol. The van der Waals surface area contributed by atoms with Gasteiger partial charge in [-0.1, -0.05) is 25.4 Å². The molecule has 5 heteroatoms. The summed E-state index contributed by atoms with van der Waals surface area (Å²) in [6.07, 6.45) is 3.31. The lowest BCUT2D eigenvalue weighted by Crippen LogP contribution is -1.97. The number of benzene rings is 1. The molecule has 0 aliphatic heterocycles. The molecule has 0 amide bonds. The van der Waals surface area contributed by atoms with E-state index in [1.165, 1.54) is 0 Å². The number of hydrogen-bond acceptors (Lipinski definition) is 3. The summed E-state index contributed by atoms with van der Waals surface area (Å²) in [6.45, 7) is 6.12. The highest BCUT2D eigenvalue weighted by atomic mass is 35.5. The van der Waals surface area contributed by atoms with E-state index in [0.717, 1.165) is 27.5 Å². The van der Waals surface area contributed by atoms with E-state index in [0.29, 0.717) is 17.8 Å². The molecule has 0 aliphatic carbocycles. The summed E-state index contributed by atoms with van der Waals surface area (Å²) in [4.78, 5) is 8.26. The average Bonchev–Trinajstić information content (AvgIpc) is 2.42. The van der Waals surface area contributed by atoms with Gasteiger partial charge in [0.25, 0.3) is 0 Å². The Hall–Kier alpha value is -1.32. The third-order valence-corrected chi connectivity index (χ3v) is 3.59. The van der Waals surface area contributed by atoms with Gasteiger partial charge in [0, 0.05) is 23.0 Å². The molecule has 2 rings (SSSR count). The molecule has 0 atom stereocenters. The molecular weight excluding hydrogens is 295 g/mol. The third-order valence-electron chi connectivity index (χ3n) is 2.95. The van der Waals surface area contributed by atoms with Crippen LogP contribution in [0.15, 0.2) is 24.5 Å². The Balaban J connectivity index is 2.30. The lowest BCUT2D eigenvalue weighted by molar-refractivity contribution is 0.437. The fourth-order valence-corrected chi connectivity index (χ4v) is 2.36. The van der Waals surface area contributed by atoms with Gasteiger partial charge < -0.3 is 4.74 Å². The molecule has 1 aromatic carbocycles. The second-order valence-corrected chi connectivity index (χ2v) is 5.58. The summed E-state index contributed by atoms with van der Waals surface area (Å²) in [5.74, 6) is 1.43. The van der Waals surface area contributed by atoms with Crippen LogP contribution in [0.25, 0.3) is 0 Å². The lowest BCUT2D eigenvalue weighted by atomic mass is 10.0. The quantitative estimate of drug-likeness (QED) is 0.737. The molecule has 1 heterocycles. The monoisotopic (exact) mass is 310 g/mol. The number of rotatable bonds is 4. The molecule has 0 aliphatic rings. The molecule has 2 aromatic rings. The van der Waals surface area contributed by atoms with Gasteiger partial charge in [0.1, 0.15) is 5.75 Å². The highest BCUT2D eigenvalue weighted by Gasteiger charge is 2.11. The van der Waals surface area contributed by atoms with Crippen molar-refractivity contribution in [1.82, 2.24) is 9.97 Å². The van der Waals surface area contributed by atoms with Crippen molar-refractivity contribution >= 4 is 23.2 Å².